The van der Waals surface area contributed by atoms with E-state index in [1.807, 2.05) is 19.1 Å². The van der Waals surface area contributed by atoms with Crippen LogP contribution in [0.25, 0.3) is 0 Å². The number of nitrogens with zero attached hydrogens (tertiary/aromatic N) is 1. The van der Waals surface area contributed by atoms with Gasteiger partial charge in [0.15, 0.2) is 0 Å². The van der Waals surface area contributed by atoms with Gasteiger partial charge in [0.1, 0.15) is 0 Å². The van der Waals surface area contributed by atoms with Crippen molar-refractivity contribution in [2.24, 2.45) is 5.73 Å². The maximum atomic E-state index is 6.27. The van der Waals surface area contributed by atoms with Crippen LogP contribution in [0.15, 0.2) is 24.5 Å². The molecule has 0 bridgehead atoms. The molecule has 0 saturated heterocycles. The molecule has 1 heterocycles. The lowest BCUT2D eigenvalue weighted by atomic mass is 10.0. The molecule has 2 atom stereocenters. The first-order valence-corrected chi connectivity index (χ1v) is 7.08. The van der Waals surface area contributed by atoms with Crippen LogP contribution in [0.4, 0.5) is 0 Å². The van der Waals surface area contributed by atoms with Gasteiger partial charge in [-0.15, -0.1) is 0 Å². The highest BCUT2D eigenvalue weighted by Gasteiger charge is 2.22. The first-order valence-electron chi connectivity index (χ1n) is 7.08. The number of pyridine rings is 1. The van der Waals surface area contributed by atoms with Crippen molar-refractivity contribution in [1.29, 1.82) is 0 Å². The predicted octanol–water partition coefficient (Wildman–Crippen LogP) is 3.21. The number of aromatic nitrogens is 1. The molecule has 1 aliphatic rings. The van der Waals surface area contributed by atoms with Crippen LogP contribution in [-0.4, -0.2) is 17.1 Å². The summed E-state index contributed by atoms with van der Waals surface area (Å²) in [6, 6.07) is 4.02. The Labute approximate surface area is 110 Å². The molecule has 1 saturated carbocycles. The molecule has 1 aliphatic carbocycles. The minimum Gasteiger partial charge on any atom is -0.369 e. The first-order chi connectivity index (χ1) is 8.77. The molecule has 0 aliphatic heterocycles. The molecule has 1 fully saturated rings. The maximum Gasteiger partial charge on any atom is 0.0977 e. The largest absolute Gasteiger partial charge is 0.369 e. The molecular formula is C15H24N2O. The molecule has 3 nitrogen and oxygen atoms in total. The Morgan fingerprint density at radius 3 is 2.33 bits per heavy atom. The molecule has 100 valence electrons. The lowest BCUT2D eigenvalue weighted by molar-refractivity contribution is -0.0309. The average Bonchev–Trinajstić information content (AvgIpc) is 2.65. The van der Waals surface area contributed by atoms with Crippen molar-refractivity contribution in [2.75, 3.05) is 0 Å². The van der Waals surface area contributed by atoms with Crippen LogP contribution in [0, 0.1) is 0 Å². The molecule has 3 heteroatoms. The fourth-order valence-corrected chi connectivity index (χ4v) is 2.64. The third-order valence-corrected chi connectivity index (χ3v) is 3.65. The molecule has 0 amide bonds. The lowest BCUT2D eigenvalue weighted by Gasteiger charge is -2.27. The molecule has 0 spiro atoms. The summed E-state index contributed by atoms with van der Waals surface area (Å²) in [5.74, 6) is 0. The summed E-state index contributed by atoms with van der Waals surface area (Å²) in [6.07, 6.45) is 11.6. The molecule has 0 radical (unpaired) electrons. The van der Waals surface area contributed by atoms with E-state index in [0.29, 0.717) is 6.10 Å². The zero-order valence-corrected chi connectivity index (χ0v) is 11.2. The fraction of sp³-hybridized carbons (Fsp3) is 0.667. The van der Waals surface area contributed by atoms with Gasteiger partial charge in [0.05, 0.1) is 12.2 Å². The summed E-state index contributed by atoms with van der Waals surface area (Å²) in [6.45, 7) is 2.02. The van der Waals surface area contributed by atoms with Gasteiger partial charge in [-0.2, -0.15) is 0 Å². The second-order valence-electron chi connectivity index (χ2n) is 5.31. The van der Waals surface area contributed by atoms with Crippen molar-refractivity contribution < 1.29 is 4.74 Å². The van der Waals surface area contributed by atoms with Gasteiger partial charge in [-0.05, 0) is 37.5 Å². The van der Waals surface area contributed by atoms with Crippen LogP contribution in [0.3, 0.4) is 0 Å². The van der Waals surface area contributed by atoms with Crippen LogP contribution in [-0.2, 0) is 4.74 Å². The Morgan fingerprint density at radius 2 is 1.78 bits per heavy atom. The maximum absolute atomic E-state index is 6.27. The molecule has 18 heavy (non-hydrogen) atoms. The minimum absolute atomic E-state index is 0.00361. The van der Waals surface area contributed by atoms with Gasteiger partial charge in [0.2, 0.25) is 0 Å². The summed E-state index contributed by atoms with van der Waals surface area (Å²) < 4.78 is 6.27. The van der Waals surface area contributed by atoms with Crippen LogP contribution in [0.1, 0.15) is 57.1 Å². The van der Waals surface area contributed by atoms with E-state index in [2.05, 4.69) is 4.98 Å². The number of rotatable bonds is 4. The van der Waals surface area contributed by atoms with E-state index in [9.17, 15) is 0 Å². The normalized spacial score (nSPS) is 21.2. The van der Waals surface area contributed by atoms with Crippen molar-refractivity contribution >= 4 is 0 Å². The Morgan fingerprint density at radius 1 is 1.17 bits per heavy atom. The standard InChI is InChI=1S/C15H24N2O/c1-12(16)15(13-8-10-17-11-9-13)18-14-6-4-2-3-5-7-14/h8-12,14-15H,2-7,16H2,1H3. The topological polar surface area (TPSA) is 48.1 Å². The van der Waals surface area contributed by atoms with Crippen molar-refractivity contribution in [2.45, 2.75) is 63.7 Å². The summed E-state index contributed by atoms with van der Waals surface area (Å²) >= 11 is 0. The summed E-state index contributed by atoms with van der Waals surface area (Å²) in [7, 11) is 0. The highest BCUT2D eigenvalue weighted by Crippen LogP contribution is 2.27. The highest BCUT2D eigenvalue weighted by atomic mass is 16.5. The number of ether oxygens (including phenoxy) is 1. The quantitative estimate of drug-likeness (QED) is 0.832. The molecule has 2 unspecified atom stereocenters. The average molecular weight is 248 g/mol. The smallest absolute Gasteiger partial charge is 0.0977 e. The summed E-state index contributed by atoms with van der Waals surface area (Å²) in [5, 5.41) is 0. The second-order valence-corrected chi connectivity index (χ2v) is 5.31. The van der Waals surface area contributed by atoms with E-state index >= 15 is 0 Å². The second kappa shape index (κ2) is 6.86. The van der Waals surface area contributed by atoms with Crippen molar-refractivity contribution in [3.63, 3.8) is 0 Å². The molecular weight excluding hydrogens is 224 g/mol. The van der Waals surface area contributed by atoms with Gasteiger partial charge in [-0.25, -0.2) is 0 Å². The molecule has 2 N–H and O–H groups in total. The Kier molecular flexibility index (Phi) is 5.14. The van der Waals surface area contributed by atoms with Gasteiger partial charge in [0, 0.05) is 18.4 Å². The van der Waals surface area contributed by atoms with E-state index in [1.165, 1.54) is 38.5 Å². The zero-order valence-electron chi connectivity index (χ0n) is 11.2. The van der Waals surface area contributed by atoms with Crippen LogP contribution >= 0.6 is 0 Å². The molecule has 0 aromatic carbocycles. The van der Waals surface area contributed by atoms with Gasteiger partial charge >= 0.3 is 0 Å². The predicted molar refractivity (Wildman–Crippen MR) is 73.2 cm³/mol. The summed E-state index contributed by atoms with van der Waals surface area (Å²) in [5.41, 5.74) is 7.22. The third-order valence-electron chi connectivity index (χ3n) is 3.65. The molecule has 1 aromatic rings. The summed E-state index contributed by atoms with van der Waals surface area (Å²) in [4.78, 5) is 4.05. The van der Waals surface area contributed by atoms with E-state index in [-0.39, 0.29) is 12.1 Å². The SMILES string of the molecule is CC(N)C(OC1CCCCCC1)c1ccncc1. The number of hydrogen-bond acceptors (Lipinski definition) is 3. The van der Waals surface area contributed by atoms with Crippen LogP contribution < -0.4 is 5.73 Å². The van der Waals surface area contributed by atoms with Gasteiger partial charge in [-0.1, -0.05) is 25.7 Å². The van der Waals surface area contributed by atoms with Gasteiger partial charge < -0.3 is 10.5 Å². The van der Waals surface area contributed by atoms with Gasteiger partial charge in [0.25, 0.3) is 0 Å². The monoisotopic (exact) mass is 248 g/mol. The Bertz CT molecular complexity index is 332. The Balaban J connectivity index is 2.02. The van der Waals surface area contributed by atoms with Crippen molar-refractivity contribution in [1.82, 2.24) is 4.98 Å². The van der Waals surface area contributed by atoms with Crippen LogP contribution in [0.2, 0.25) is 0 Å². The Hall–Kier alpha value is -0.930. The van der Waals surface area contributed by atoms with Crippen LogP contribution in [0.5, 0.6) is 0 Å². The molecule has 2 rings (SSSR count). The molecule has 1 aromatic heterocycles. The van der Waals surface area contributed by atoms with Crippen molar-refractivity contribution in [3.05, 3.63) is 30.1 Å². The van der Waals surface area contributed by atoms with Gasteiger partial charge in [-0.3, -0.25) is 4.98 Å². The highest BCUT2D eigenvalue weighted by molar-refractivity contribution is 5.15. The van der Waals surface area contributed by atoms with E-state index < -0.39 is 0 Å². The third kappa shape index (κ3) is 3.79. The van der Waals surface area contributed by atoms with E-state index in [0.717, 1.165) is 5.56 Å². The lowest BCUT2D eigenvalue weighted by Crippen LogP contribution is -2.30. The van der Waals surface area contributed by atoms with Crippen molar-refractivity contribution in [3.8, 4) is 0 Å². The number of hydrogen-bond donors (Lipinski definition) is 1. The minimum atomic E-state index is -0.00361. The van der Waals surface area contributed by atoms with E-state index in [4.69, 9.17) is 10.5 Å². The first kappa shape index (κ1) is 13.5. The fourth-order valence-electron chi connectivity index (χ4n) is 2.64. The number of nitrogens with two attached hydrogens (primary N) is 1. The van der Waals surface area contributed by atoms with E-state index in [1.54, 1.807) is 12.4 Å². The zero-order chi connectivity index (χ0) is 12.8.